The molecule has 1 aromatic carbocycles. The highest BCUT2D eigenvalue weighted by Crippen LogP contribution is 2.17. The number of nitrogens with one attached hydrogen (secondary N) is 1. The number of hydrogen-bond acceptors (Lipinski definition) is 3. The molecule has 0 amide bonds. The van der Waals surface area contributed by atoms with Crippen LogP contribution in [0.1, 0.15) is 0 Å². The Morgan fingerprint density at radius 1 is 1.00 bits per heavy atom. The first-order chi connectivity index (χ1) is 10.1. The summed E-state index contributed by atoms with van der Waals surface area (Å²) in [7, 11) is 0. The number of piperazine rings is 1. The predicted molar refractivity (Wildman–Crippen MR) is 77.0 cm³/mol. The molecule has 0 bridgehead atoms. The van der Waals surface area contributed by atoms with Gasteiger partial charge in [-0.2, -0.15) is 0 Å². The molecule has 110 valence electrons. The van der Waals surface area contributed by atoms with Gasteiger partial charge in [-0.25, -0.2) is 8.78 Å². The molecule has 0 spiro atoms. The average molecular weight is 291 g/mol. The zero-order valence-electron chi connectivity index (χ0n) is 11.4. The number of aromatic nitrogens is 1. The smallest absolute Gasteiger partial charge is 0.291 e. The van der Waals surface area contributed by atoms with Crippen LogP contribution in [0.15, 0.2) is 41.3 Å². The Bertz CT molecular complexity index is 691. The lowest BCUT2D eigenvalue weighted by Gasteiger charge is -2.29. The predicted octanol–water partition coefficient (Wildman–Crippen LogP) is 1.53. The molecule has 0 unspecified atom stereocenters. The minimum atomic E-state index is -1.10. The highest BCUT2D eigenvalue weighted by Gasteiger charge is 2.11. The van der Waals surface area contributed by atoms with Crippen molar-refractivity contribution in [2.75, 3.05) is 31.1 Å². The van der Waals surface area contributed by atoms with Gasteiger partial charge in [0.25, 0.3) is 5.56 Å². The molecule has 4 nitrogen and oxygen atoms in total. The second-order valence-electron chi connectivity index (χ2n) is 4.93. The molecule has 6 heteroatoms. The van der Waals surface area contributed by atoms with E-state index in [4.69, 9.17) is 0 Å². The standard InChI is InChI=1S/C15H15F2N3O/c16-11-9-14(17)15(21)20(10-11)13-3-1-12(2-4-13)19-7-5-18-6-8-19/h1-4,9-10,18H,5-8H2. The fourth-order valence-corrected chi connectivity index (χ4v) is 2.46. The molecule has 2 aromatic rings. The van der Waals surface area contributed by atoms with Gasteiger partial charge in [0.15, 0.2) is 5.82 Å². The normalized spacial score (nSPS) is 15.2. The van der Waals surface area contributed by atoms with Crippen molar-refractivity contribution in [1.29, 1.82) is 0 Å². The van der Waals surface area contributed by atoms with Crippen molar-refractivity contribution in [2.45, 2.75) is 0 Å². The third kappa shape index (κ3) is 2.80. The van der Waals surface area contributed by atoms with Gasteiger partial charge < -0.3 is 10.2 Å². The first-order valence-corrected chi connectivity index (χ1v) is 6.79. The molecule has 0 atom stereocenters. The van der Waals surface area contributed by atoms with Crippen LogP contribution in [-0.2, 0) is 0 Å². The van der Waals surface area contributed by atoms with Crippen LogP contribution in [0.2, 0.25) is 0 Å². The molecule has 3 rings (SSSR count). The number of nitrogens with zero attached hydrogens (tertiary/aromatic N) is 2. The van der Waals surface area contributed by atoms with Gasteiger partial charge in [-0.3, -0.25) is 9.36 Å². The third-order valence-electron chi connectivity index (χ3n) is 3.55. The van der Waals surface area contributed by atoms with E-state index in [9.17, 15) is 13.6 Å². The van der Waals surface area contributed by atoms with E-state index < -0.39 is 17.2 Å². The Balaban J connectivity index is 1.92. The van der Waals surface area contributed by atoms with Gasteiger partial charge in [-0.05, 0) is 24.3 Å². The average Bonchev–Trinajstić information content (AvgIpc) is 2.52. The zero-order valence-corrected chi connectivity index (χ0v) is 11.4. The number of pyridine rings is 1. The highest BCUT2D eigenvalue weighted by atomic mass is 19.1. The summed E-state index contributed by atoms with van der Waals surface area (Å²) in [4.78, 5) is 13.9. The van der Waals surface area contributed by atoms with E-state index in [1.807, 2.05) is 12.1 Å². The molecule has 1 fully saturated rings. The molecule has 0 saturated carbocycles. The van der Waals surface area contributed by atoms with Crippen LogP contribution < -0.4 is 15.8 Å². The van der Waals surface area contributed by atoms with E-state index in [2.05, 4.69) is 10.2 Å². The SMILES string of the molecule is O=c1c(F)cc(F)cn1-c1ccc(N2CCNCC2)cc1. The summed E-state index contributed by atoms with van der Waals surface area (Å²) < 4.78 is 27.5. The van der Waals surface area contributed by atoms with E-state index in [1.165, 1.54) is 0 Å². The van der Waals surface area contributed by atoms with Crippen molar-refractivity contribution in [3.63, 3.8) is 0 Å². The number of hydrogen-bond donors (Lipinski definition) is 1. The molecule has 1 saturated heterocycles. The van der Waals surface area contributed by atoms with E-state index in [0.29, 0.717) is 11.8 Å². The summed E-state index contributed by atoms with van der Waals surface area (Å²) in [5.41, 5.74) is 0.619. The minimum absolute atomic E-state index is 0.442. The number of rotatable bonds is 2. The summed E-state index contributed by atoms with van der Waals surface area (Å²) in [6, 6.07) is 7.69. The Morgan fingerprint density at radius 2 is 1.62 bits per heavy atom. The van der Waals surface area contributed by atoms with E-state index >= 15 is 0 Å². The van der Waals surface area contributed by atoms with Gasteiger partial charge in [0.05, 0.1) is 0 Å². The van der Waals surface area contributed by atoms with Crippen LogP contribution in [0.3, 0.4) is 0 Å². The van der Waals surface area contributed by atoms with Crippen LogP contribution in [0.25, 0.3) is 5.69 Å². The first kappa shape index (κ1) is 13.8. The molecule has 1 aliphatic rings. The van der Waals surface area contributed by atoms with Crippen LogP contribution in [0, 0.1) is 11.6 Å². The lowest BCUT2D eigenvalue weighted by molar-refractivity contribution is 0.552. The topological polar surface area (TPSA) is 37.3 Å². The van der Waals surface area contributed by atoms with Crippen LogP contribution in [0.4, 0.5) is 14.5 Å². The van der Waals surface area contributed by atoms with Crippen molar-refractivity contribution in [3.05, 3.63) is 58.5 Å². The van der Waals surface area contributed by atoms with E-state index in [0.717, 1.165) is 42.6 Å². The fraction of sp³-hybridized carbons (Fsp3) is 0.267. The fourth-order valence-electron chi connectivity index (χ4n) is 2.46. The van der Waals surface area contributed by atoms with Gasteiger partial charge in [-0.15, -0.1) is 0 Å². The summed E-state index contributed by atoms with van der Waals surface area (Å²) in [5.74, 6) is -1.88. The highest BCUT2D eigenvalue weighted by molar-refractivity contribution is 5.51. The van der Waals surface area contributed by atoms with Crippen molar-refractivity contribution >= 4 is 5.69 Å². The molecule has 0 radical (unpaired) electrons. The monoisotopic (exact) mass is 291 g/mol. The Hall–Kier alpha value is -2.21. The molecule has 2 heterocycles. The van der Waals surface area contributed by atoms with Crippen LogP contribution in [-0.4, -0.2) is 30.7 Å². The van der Waals surface area contributed by atoms with Crippen LogP contribution >= 0.6 is 0 Å². The molecule has 1 aliphatic heterocycles. The second-order valence-corrected chi connectivity index (χ2v) is 4.93. The van der Waals surface area contributed by atoms with Gasteiger partial charge in [0, 0.05) is 49.8 Å². The molecule has 0 aliphatic carbocycles. The van der Waals surface area contributed by atoms with Gasteiger partial charge in [-0.1, -0.05) is 0 Å². The maximum atomic E-state index is 13.3. The Labute approximate surface area is 120 Å². The van der Waals surface area contributed by atoms with Crippen molar-refractivity contribution in [3.8, 4) is 5.69 Å². The molecule has 21 heavy (non-hydrogen) atoms. The quantitative estimate of drug-likeness (QED) is 0.911. The number of benzene rings is 1. The van der Waals surface area contributed by atoms with Crippen LogP contribution in [0.5, 0.6) is 0 Å². The summed E-state index contributed by atoms with van der Waals surface area (Å²) in [6.07, 6.45) is 0.991. The lowest BCUT2D eigenvalue weighted by atomic mass is 10.2. The number of anilines is 1. The Morgan fingerprint density at radius 3 is 2.29 bits per heavy atom. The summed E-state index contributed by atoms with van der Waals surface area (Å²) >= 11 is 0. The molecule has 1 N–H and O–H groups in total. The maximum absolute atomic E-state index is 13.3. The third-order valence-corrected chi connectivity index (χ3v) is 3.55. The largest absolute Gasteiger partial charge is 0.369 e. The Kier molecular flexibility index (Phi) is 3.70. The summed E-state index contributed by atoms with van der Waals surface area (Å²) in [5, 5.41) is 3.27. The number of halogens is 2. The summed E-state index contributed by atoms with van der Waals surface area (Å²) in [6.45, 7) is 3.68. The van der Waals surface area contributed by atoms with Gasteiger partial charge in [0.2, 0.25) is 0 Å². The molecular formula is C15H15F2N3O. The van der Waals surface area contributed by atoms with Crippen molar-refractivity contribution < 1.29 is 8.78 Å². The van der Waals surface area contributed by atoms with Crippen molar-refractivity contribution in [2.24, 2.45) is 0 Å². The van der Waals surface area contributed by atoms with Gasteiger partial charge >= 0.3 is 0 Å². The van der Waals surface area contributed by atoms with Gasteiger partial charge in [0.1, 0.15) is 5.82 Å². The zero-order chi connectivity index (χ0) is 14.8. The van der Waals surface area contributed by atoms with E-state index in [1.54, 1.807) is 12.1 Å². The molecule has 1 aromatic heterocycles. The maximum Gasteiger partial charge on any atom is 0.291 e. The molecular weight excluding hydrogens is 276 g/mol. The first-order valence-electron chi connectivity index (χ1n) is 6.79. The second kappa shape index (κ2) is 5.65. The van der Waals surface area contributed by atoms with E-state index in [-0.39, 0.29) is 0 Å². The van der Waals surface area contributed by atoms with Crippen molar-refractivity contribution in [1.82, 2.24) is 9.88 Å². The lowest BCUT2D eigenvalue weighted by Crippen LogP contribution is -2.43. The minimum Gasteiger partial charge on any atom is -0.369 e.